The number of carbonyl (C=O) groups is 1. The van der Waals surface area contributed by atoms with E-state index in [1.807, 2.05) is 0 Å². The van der Waals surface area contributed by atoms with Gasteiger partial charge in [0.25, 0.3) is 0 Å². The lowest BCUT2D eigenvalue weighted by Gasteiger charge is -2.30. The van der Waals surface area contributed by atoms with Crippen LogP contribution in [-0.2, 0) is 24.3 Å². The zero-order chi connectivity index (χ0) is 15.6. The number of morpholine rings is 1. The molecule has 0 aliphatic carbocycles. The second-order valence-corrected chi connectivity index (χ2v) is 6.77. The number of anilines is 1. The summed E-state index contributed by atoms with van der Waals surface area (Å²) in [6.07, 6.45) is -0.938. The van der Waals surface area contributed by atoms with Gasteiger partial charge in [0.05, 0.1) is 25.9 Å². The van der Waals surface area contributed by atoms with Gasteiger partial charge in [0.15, 0.2) is 6.10 Å². The van der Waals surface area contributed by atoms with E-state index < -0.39 is 22.1 Å². The topological polar surface area (TPSA) is 98.9 Å². The standard InChI is InChI=1S/C12H15ClN2O5S/c1-19-12(16)10-7-15(4-5-20-10)21(17,18)11-3-2-8(13)6-9(11)14/h2-3,6,10H,4-5,7,14H2,1H3. The molecule has 21 heavy (non-hydrogen) atoms. The van der Waals surface area contributed by atoms with E-state index in [-0.39, 0.29) is 30.3 Å². The van der Waals surface area contributed by atoms with Gasteiger partial charge in [-0.3, -0.25) is 0 Å². The van der Waals surface area contributed by atoms with Crippen LogP contribution in [0.2, 0.25) is 5.02 Å². The number of carbonyl (C=O) groups excluding carboxylic acids is 1. The van der Waals surface area contributed by atoms with Crippen LogP contribution in [-0.4, -0.2) is 51.6 Å². The molecule has 1 aromatic rings. The third-order valence-electron chi connectivity index (χ3n) is 3.08. The number of rotatable bonds is 3. The fraction of sp³-hybridized carbons (Fsp3) is 0.417. The smallest absolute Gasteiger partial charge is 0.336 e. The number of methoxy groups -OCH3 is 1. The van der Waals surface area contributed by atoms with Gasteiger partial charge in [0, 0.05) is 11.6 Å². The number of benzene rings is 1. The maximum Gasteiger partial charge on any atom is 0.336 e. The highest BCUT2D eigenvalue weighted by atomic mass is 35.5. The molecule has 0 radical (unpaired) electrons. The molecule has 2 rings (SSSR count). The maximum atomic E-state index is 12.6. The highest BCUT2D eigenvalue weighted by Crippen LogP contribution is 2.26. The Morgan fingerprint density at radius 3 is 2.86 bits per heavy atom. The summed E-state index contributed by atoms with van der Waals surface area (Å²) in [4.78, 5) is 11.4. The minimum absolute atomic E-state index is 0.0441. The number of sulfonamides is 1. The number of esters is 1. The predicted octanol–water partition coefficient (Wildman–Crippen LogP) is 0.485. The highest BCUT2D eigenvalue weighted by molar-refractivity contribution is 7.89. The van der Waals surface area contributed by atoms with E-state index in [4.69, 9.17) is 22.1 Å². The molecule has 2 N–H and O–H groups in total. The van der Waals surface area contributed by atoms with Gasteiger partial charge in [0.2, 0.25) is 10.0 Å². The number of nitrogens with zero attached hydrogens (tertiary/aromatic N) is 1. The summed E-state index contributed by atoms with van der Waals surface area (Å²) in [5.41, 5.74) is 5.78. The van der Waals surface area contributed by atoms with Crippen LogP contribution in [0.1, 0.15) is 0 Å². The van der Waals surface area contributed by atoms with Crippen LogP contribution in [0.3, 0.4) is 0 Å². The van der Waals surface area contributed by atoms with Gasteiger partial charge in [-0.05, 0) is 18.2 Å². The van der Waals surface area contributed by atoms with E-state index in [0.29, 0.717) is 5.02 Å². The van der Waals surface area contributed by atoms with Gasteiger partial charge in [-0.25, -0.2) is 13.2 Å². The second-order valence-electron chi connectivity index (χ2n) is 4.43. The Kier molecular flexibility index (Phi) is 4.72. The van der Waals surface area contributed by atoms with Crippen LogP contribution < -0.4 is 5.73 Å². The number of hydrogen-bond acceptors (Lipinski definition) is 6. The van der Waals surface area contributed by atoms with Gasteiger partial charge in [-0.2, -0.15) is 4.31 Å². The summed E-state index contributed by atoms with van der Waals surface area (Å²) < 4.78 is 36.1. The number of halogens is 1. The average Bonchev–Trinajstić information content (AvgIpc) is 2.46. The summed E-state index contributed by atoms with van der Waals surface area (Å²) in [5.74, 6) is -0.612. The molecular weight excluding hydrogens is 320 g/mol. The Labute approximate surface area is 127 Å². The van der Waals surface area contributed by atoms with E-state index in [0.717, 1.165) is 4.31 Å². The second kappa shape index (κ2) is 6.18. The lowest BCUT2D eigenvalue weighted by Crippen LogP contribution is -2.48. The first kappa shape index (κ1) is 16.0. The highest BCUT2D eigenvalue weighted by Gasteiger charge is 2.35. The lowest BCUT2D eigenvalue weighted by atomic mass is 10.3. The molecule has 0 aromatic heterocycles. The predicted molar refractivity (Wildman–Crippen MR) is 76.4 cm³/mol. The molecule has 9 heteroatoms. The van der Waals surface area contributed by atoms with Crippen molar-refractivity contribution in [2.24, 2.45) is 0 Å². The van der Waals surface area contributed by atoms with Crippen LogP contribution in [0, 0.1) is 0 Å². The quantitative estimate of drug-likeness (QED) is 0.638. The molecule has 7 nitrogen and oxygen atoms in total. The fourth-order valence-electron chi connectivity index (χ4n) is 2.01. The molecule has 1 aromatic carbocycles. The van der Waals surface area contributed by atoms with Crippen molar-refractivity contribution >= 4 is 33.3 Å². The number of hydrogen-bond donors (Lipinski definition) is 1. The van der Waals surface area contributed by atoms with Gasteiger partial charge in [0.1, 0.15) is 4.90 Å². The van der Waals surface area contributed by atoms with Crippen molar-refractivity contribution in [2.45, 2.75) is 11.0 Å². The third-order valence-corrected chi connectivity index (χ3v) is 5.26. The SMILES string of the molecule is COC(=O)C1CN(S(=O)(=O)c2ccc(Cl)cc2N)CCO1. The first-order chi connectivity index (χ1) is 9.86. The van der Waals surface area contributed by atoms with Crippen LogP contribution >= 0.6 is 11.6 Å². The molecule has 0 amide bonds. The first-order valence-electron chi connectivity index (χ1n) is 6.11. The maximum absolute atomic E-state index is 12.6. The lowest BCUT2D eigenvalue weighted by molar-refractivity contribution is -0.157. The van der Waals surface area contributed by atoms with E-state index in [1.54, 1.807) is 0 Å². The molecular formula is C12H15ClN2O5S. The molecule has 0 bridgehead atoms. The summed E-state index contributed by atoms with van der Waals surface area (Å²) in [7, 11) is -2.60. The number of nitrogen functional groups attached to an aromatic ring is 1. The summed E-state index contributed by atoms with van der Waals surface area (Å²) in [6, 6.07) is 4.16. The Morgan fingerprint density at radius 1 is 1.52 bits per heavy atom. The van der Waals surface area contributed by atoms with Crippen molar-refractivity contribution in [3.63, 3.8) is 0 Å². The van der Waals surface area contributed by atoms with E-state index in [9.17, 15) is 13.2 Å². The molecule has 1 aliphatic heterocycles. The van der Waals surface area contributed by atoms with Gasteiger partial charge in [-0.15, -0.1) is 0 Å². The van der Waals surface area contributed by atoms with Crippen LogP contribution in [0.4, 0.5) is 5.69 Å². The Hall–Kier alpha value is -1.35. The van der Waals surface area contributed by atoms with Gasteiger partial charge in [-0.1, -0.05) is 11.6 Å². The normalized spacial score (nSPS) is 20.2. The first-order valence-corrected chi connectivity index (χ1v) is 7.92. The number of ether oxygens (including phenoxy) is 2. The molecule has 0 spiro atoms. The molecule has 116 valence electrons. The Bertz CT molecular complexity index is 649. The Balaban J connectivity index is 2.28. The average molecular weight is 335 g/mol. The molecule has 1 aliphatic rings. The summed E-state index contributed by atoms with van der Waals surface area (Å²) in [5, 5.41) is 0.348. The van der Waals surface area contributed by atoms with Crippen molar-refractivity contribution in [1.29, 1.82) is 0 Å². The molecule has 1 saturated heterocycles. The van der Waals surface area contributed by atoms with Crippen molar-refractivity contribution in [1.82, 2.24) is 4.31 Å². The largest absolute Gasteiger partial charge is 0.467 e. The molecule has 0 saturated carbocycles. The van der Waals surface area contributed by atoms with Gasteiger partial charge < -0.3 is 15.2 Å². The summed E-state index contributed by atoms with van der Waals surface area (Å²) >= 11 is 5.77. The number of nitrogens with two attached hydrogens (primary N) is 1. The molecule has 1 unspecified atom stereocenters. The summed E-state index contributed by atoms with van der Waals surface area (Å²) in [6.45, 7) is 0.126. The minimum atomic E-state index is -3.82. The van der Waals surface area contributed by atoms with Crippen LogP contribution in [0.15, 0.2) is 23.1 Å². The van der Waals surface area contributed by atoms with Crippen molar-refractivity contribution in [2.75, 3.05) is 32.5 Å². The van der Waals surface area contributed by atoms with Crippen molar-refractivity contribution in [3.8, 4) is 0 Å². The monoisotopic (exact) mass is 334 g/mol. The van der Waals surface area contributed by atoms with Crippen LogP contribution in [0.25, 0.3) is 0 Å². The zero-order valence-corrected chi connectivity index (χ0v) is 12.9. The van der Waals surface area contributed by atoms with E-state index in [2.05, 4.69) is 4.74 Å². The fourth-order valence-corrected chi connectivity index (χ4v) is 3.71. The van der Waals surface area contributed by atoms with Crippen molar-refractivity contribution < 1.29 is 22.7 Å². The third kappa shape index (κ3) is 3.29. The molecule has 1 heterocycles. The van der Waals surface area contributed by atoms with Crippen molar-refractivity contribution in [3.05, 3.63) is 23.2 Å². The van der Waals surface area contributed by atoms with E-state index in [1.165, 1.54) is 25.3 Å². The minimum Gasteiger partial charge on any atom is -0.467 e. The molecule has 1 fully saturated rings. The van der Waals surface area contributed by atoms with Gasteiger partial charge >= 0.3 is 5.97 Å². The van der Waals surface area contributed by atoms with E-state index >= 15 is 0 Å². The Morgan fingerprint density at radius 2 is 2.24 bits per heavy atom. The molecule has 1 atom stereocenters. The van der Waals surface area contributed by atoms with Crippen LogP contribution in [0.5, 0.6) is 0 Å². The zero-order valence-electron chi connectivity index (χ0n) is 11.3.